The molecule has 1 aromatic carbocycles. The van der Waals surface area contributed by atoms with Gasteiger partial charge in [0.05, 0.1) is 11.9 Å². The van der Waals surface area contributed by atoms with E-state index in [9.17, 15) is 9.59 Å². The lowest BCUT2D eigenvalue weighted by Gasteiger charge is -2.53. The van der Waals surface area contributed by atoms with Gasteiger partial charge in [-0.05, 0) is 92.2 Å². The maximum Gasteiger partial charge on any atom is 0.255 e. The molecule has 1 aromatic heterocycles. The lowest BCUT2D eigenvalue weighted by Crippen LogP contribution is -2.49. The van der Waals surface area contributed by atoms with Crippen molar-refractivity contribution in [2.24, 2.45) is 29.6 Å². The maximum atomic E-state index is 13.0. The zero-order chi connectivity index (χ0) is 19.1. The summed E-state index contributed by atoms with van der Waals surface area (Å²) in [5.41, 5.74) is 1.97. The summed E-state index contributed by atoms with van der Waals surface area (Å²) in [5.74, 6) is 3.02. The summed E-state index contributed by atoms with van der Waals surface area (Å²) in [4.78, 5) is 29.3. The van der Waals surface area contributed by atoms with E-state index in [0.717, 1.165) is 17.5 Å². The Morgan fingerprint density at radius 3 is 2.11 bits per heavy atom. The van der Waals surface area contributed by atoms with Gasteiger partial charge < -0.3 is 10.6 Å². The quantitative estimate of drug-likeness (QED) is 0.835. The summed E-state index contributed by atoms with van der Waals surface area (Å²) >= 11 is 0. The van der Waals surface area contributed by atoms with Crippen LogP contribution in [-0.2, 0) is 4.79 Å². The van der Waals surface area contributed by atoms with E-state index < -0.39 is 0 Å². The Morgan fingerprint density at radius 2 is 1.50 bits per heavy atom. The third-order valence-electron chi connectivity index (χ3n) is 6.86. The predicted octanol–water partition coefficient (Wildman–Crippen LogP) is 4.34. The molecule has 0 spiro atoms. The number of rotatable bonds is 4. The minimum atomic E-state index is -0.188. The van der Waals surface area contributed by atoms with Crippen molar-refractivity contribution in [2.45, 2.75) is 32.1 Å². The van der Waals surface area contributed by atoms with Crippen LogP contribution in [0.4, 0.5) is 11.4 Å². The molecule has 2 aromatic rings. The number of aromatic nitrogens is 1. The van der Waals surface area contributed by atoms with E-state index in [1.807, 2.05) is 12.1 Å². The molecular formula is C23H25N3O2. The van der Waals surface area contributed by atoms with Gasteiger partial charge in [-0.3, -0.25) is 14.6 Å². The summed E-state index contributed by atoms with van der Waals surface area (Å²) < 4.78 is 0. The Bertz CT molecular complexity index is 850. The second-order valence-corrected chi connectivity index (χ2v) is 8.72. The fourth-order valence-corrected chi connectivity index (χ4v) is 5.92. The van der Waals surface area contributed by atoms with Crippen LogP contribution in [-0.4, -0.2) is 16.8 Å². The van der Waals surface area contributed by atoms with Crippen LogP contribution in [0.15, 0.2) is 48.8 Å². The molecule has 4 aliphatic rings. The molecule has 4 saturated carbocycles. The number of anilines is 2. The summed E-state index contributed by atoms with van der Waals surface area (Å²) in [6.45, 7) is 0. The molecule has 2 amide bonds. The van der Waals surface area contributed by atoms with E-state index in [0.29, 0.717) is 23.1 Å². The van der Waals surface area contributed by atoms with Gasteiger partial charge in [-0.25, -0.2) is 0 Å². The van der Waals surface area contributed by atoms with E-state index in [4.69, 9.17) is 0 Å². The third kappa shape index (κ3) is 3.30. The van der Waals surface area contributed by atoms with Crippen LogP contribution in [0.5, 0.6) is 0 Å². The average Bonchev–Trinajstić information content (AvgIpc) is 2.68. The van der Waals surface area contributed by atoms with Crippen molar-refractivity contribution in [3.05, 3.63) is 54.4 Å². The number of nitrogens with zero attached hydrogens (tertiary/aromatic N) is 1. The molecule has 4 fully saturated rings. The van der Waals surface area contributed by atoms with Gasteiger partial charge in [0, 0.05) is 23.4 Å². The van der Waals surface area contributed by atoms with Crippen LogP contribution >= 0.6 is 0 Å². The number of carbonyl (C=O) groups is 2. The number of benzene rings is 1. The summed E-state index contributed by atoms with van der Waals surface area (Å²) in [6.07, 6.45) is 9.60. The largest absolute Gasteiger partial charge is 0.326 e. The number of amides is 2. The van der Waals surface area contributed by atoms with Crippen molar-refractivity contribution in [2.75, 3.05) is 10.6 Å². The molecule has 0 radical (unpaired) electrons. The molecule has 1 heterocycles. The molecular weight excluding hydrogens is 350 g/mol. The van der Waals surface area contributed by atoms with Crippen LogP contribution < -0.4 is 10.6 Å². The van der Waals surface area contributed by atoms with Crippen molar-refractivity contribution in [3.8, 4) is 0 Å². The van der Waals surface area contributed by atoms with Gasteiger partial charge in [0.1, 0.15) is 0 Å². The molecule has 144 valence electrons. The first kappa shape index (κ1) is 17.4. The van der Waals surface area contributed by atoms with Crippen molar-refractivity contribution < 1.29 is 9.59 Å². The molecule has 4 aliphatic carbocycles. The first-order chi connectivity index (χ1) is 13.7. The number of nitrogens with one attached hydrogen (secondary N) is 2. The highest BCUT2D eigenvalue weighted by molar-refractivity contribution is 6.04. The summed E-state index contributed by atoms with van der Waals surface area (Å²) in [7, 11) is 0. The Hall–Kier alpha value is -2.69. The van der Waals surface area contributed by atoms with E-state index in [1.54, 1.807) is 36.7 Å². The van der Waals surface area contributed by atoms with Crippen LogP contribution in [0, 0.1) is 29.6 Å². The van der Waals surface area contributed by atoms with E-state index in [1.165, 1.54) is 32.1 Å². The molecule has 5 heteroatoms. The lowest BCUT2D eigenvalue weighted by molar-refractivity contribution is -0.132. The van der Waals surface area contributed by atoms with E-state index in [2.05, 4.69) is 15.6 Å². The van der Waals surface area contributed by atoms with Crippen LogP contribution in [0.2, 0.25) is 0 Å². The highest BCUT2D eigenvalue weighted by atomic mass is 16.2. The van der Waals surface area contributed by atoms with Gasteiger partial charge in [-0.2, -0.15) is 0 Å². The minimum absolute atomic E-state index is 0.168. The Balaban J connectivity index is 1.23. The summed E-state index contributed by atoms with van der Waals surface area (Å²) in [5, 5.41) is 5.92. The molecule has 0 saturated heterocycles. The van der Waals surface area contributed by atoms with E-state index >= 15 is 0 Å². The highest BCUT2D eigenvalue weighted by Gasteiger charge is 2.50. The molecule has 2 N–H and O–H groups in total. The van der Waals surface area contributed by atoms with Gasteiger partial charge in [0.25, 0.3) is 5.91 Å². The van der Waals surface area contributed by atoms with Crippen molar-refractivity contribution in [3.63, 3.8) is 0 Å². The van der Waals surface area contributed by atoms with Gasteiger partial charge in [-0.1, -0.05) is 0 Å². The zero-order valence-electron chi connectivity index (χ0n) is 15.8. The first-order valence-electron chi connectivity index (χ1n) is 10.3. The first-order valence-corrected chi connectivity index (χ1v) is 10.3. The van der Waals surface area contributed by atoms with Crippen LogP contribution in [0.1, 0.15) is 42.5 Å². The maximum absolute atomic E-state index is 13.0. The molecule has 0 aliphatic heterocycles. The highest BCUT2D eigenvalue weighted by Crippen LogP contribution is 2.56. The van der Waals surface area contributed by atoms with Crippen molar-refractivity contribution in [1.29, 1.82) is 0 Å². The second-order valence-electron chi connectivity index (χ2n) is 8.72. The van der Waals surface area contributed by atoms with E-state index in [-0.39, 0.29) is 17.7 Å². The lowest BCUT2D eigenvalue weighted by atomic mass is 9.51. The smallest absolute Gasteiger partial charge is 0.255 e. The minimum Gasteiger partial charge on any atom is -0.326 e. The van der Waals surface area contributed by atoms with Gasteiger partial charge in [0.2, 0.25) is 5.91 Å². The van der Waals surface area contributed by atoms with Gasteiger partial charge in [0.15, 0.2) is 0 Å². The molecule has 4 bridgehead atoms. The molecule has 6 rings (SSSR count). The fraction of sp³-hybridized carbons (Fsp3) is 0.435. The summed E-state index contributed by atoms with van der Waals surface area (Å²) in [6, 6.07) is 10.7. The van der Waals surface area contributed by atoms with Crippen molar-refractivity contribution >= 4 is 23.2 Å². The number of hydrogen-bond acceptors (Lipinski definition) is 3. The van der Waals surface area contributed by atoms with Gasteiger partial charge in [-0.15, -0.1) is 0 Å². The normalized spacial score (nSPS) is 30.1. The van der Waals surface area contributed by atoms with Crippen LogP contribution in [0.3, 0.4) is 0 Å². The standard InChI is InChI=1S/C23H25N3O2/c27-22(26-20-2-1-7-24-13-20)16-3-5-19(6-4-16)25-23(28)21-17-9-14-8-15(11-17)12-18(21)10-14/h1-7,13-15,17-18,21H,8-12H2,(H,25,28)(H,26,27). The Kier molecular flexibility index (Phi) is 4.38. The Labute approximate surface area is 164 Å². The second kappa shape index (κ2) is 7.04. The Morgan fingerprint density at radius 1 is 0.821 bits per heavy atom. The van der Waals surface area contributed by atoms with Crippen molar-refractivity contribution in [1.82, 2.24) is 4.98 Å². The third-order valence-corrected chi connectivity index (χ3v) is 6.86. The topological polar surface area (TPSA) is 71.1 Å². The molecule has 5 nitrogen and oxygen atoms in total. The molecule has 28 heavy (non-hydrogen) atoms. The van der Waals surface area contributed by atoms with Crippen LogP contribution in [0.25, 0.3) is 0 Å². The SMILES string of the molecule is O=C(Nc1cccnc1)c1ccc(NC(=O)C2C3CC4CC(C3)CC2C4)cc1. The zero-order valence-corrected chi connectivity index (χ0v) is 15.8. The predicted molar refractivity (Wildman–Crippen MR) is 108 cm³/mol. The number of pyridine rings is 1. The average molecular weight is 375 g/mol. The molecule has 0 atom stereocenters. The monoisotopic (exact) mass is 375 g/mol. The number of carbonyl (C=O) groups excluding carboxylic acids is 2. The molecule has 0 unspecified atom stereocenters. The fourth-order valence-electron chi connectivity index (χ4n) is 5.92. The number of hydrogen-bond donors (Lipinski definition) is 2. The van der Waals surface area contributed by atoms with Gasteiger partial charge >= 0.3 is 0 Å².